The zero-order chi connectivity index (χ0) is 16.2. The molecule has 0 bridgehead atoms. The predicted octanol–water partition coefficient (Wildman–Crippen LogP) is 0.868. The van der Waals surface area contributed by atoms with Gasteiger partial charge >= 0.3 is 0 Å². The quantitative estimate of drug-likeness (QED) is 0.898. The summed E-state index contributed by atoms with van der Waals surface area (Å²) in [5, 5.41) is 3.33. The minimum Gasteiger partial charge on any atom is -0.333 e. The number of hydrogen-bond donors (Lipinski definition) is 1. The minimum atomic E-state index is 0.158. The molecule has 0 aliphatic carbocycles. The molecule has 1 aromatic carbocycles. The smallest absolute Gasteiger partial charge is 0.254 e. The second-order valence-electron chi connectivity index (χ2n) is 6.83. The molecule has 23 heavy (non-hydrogen) atoms. The molecule has 3 rings (SSSR count). The van der Waals surface area contributed by atoms with Crippen molar-refractivity contribution >= 4 is 5.91 Å². The van der Waals surface area contributed by atoms with Crippen LogP contribution >= 0.6 is 0 Å². The van der Waals surface area contributed by atoms with E-state index in [2.05, 4.69) is 41.2 Å². The van der Waals surface area contributed by atoms with Crippen LogP contribution in [0.25, 0.3) is 0 Å². The minimum absolute atomic E-state index is 0.158. The van der Waals surface area contributed by atoms with Crippen molar-refractivity contribution in [3.8, 4) is 0 Å². The van der Waals surface area contributed by atoms with E-state index in [1.165, 1.54) is 5.56 Å². The Morgan fingerprint density at radius 2 is 1.83 bits per heavy atom. The Morgan fingerprint density at radius 3 is 2.48 bits per heavy atom. The lowest BCUT2D eigenvalue weighted by molar-refractivity contribution is 0.0655. The third-order valence-corrected chi connectivity index (χ3v) is 4.97. The van der Waals surface area contributed by atoms with E-state index in [1.54, 1.807) is 0 Å². The van der Waals surface area contributed by atoms with Gasteiger partial charge in [0.25, 0.3) is 5.91 Å². The molecule has 2 aliphatic heterocycles. The summed E-state index contributed by atoms with van der Waals surface area (Å²) in [5.41, 5.74) is 2.10. The van der Waals surface area contributed by atoms with E-state index in [9.17, 15) is 4.79 Å². The number of nitrogens with one attached hydrogen (secondary N) is 1. The number of carbonyl (C=O) groups excluding carboxylic acids is 1. The highest BCUT2D eigenvalue weighted by Gasteiger charge is 2.24. The summed E-state index contributed by atoms with van der Waals surface area (Å²) in [4.78, 5) is 19.5. The van der Waals surface area contributed by atoms with Crippen molar-refractivity contribution in [2.45, 2.75) is 19.5 Å². The molecule has 2 heterocycles. The van der Waals surface area contributed by atoms with Gasteiger partial charge in [-0.3, -0.25) is 9.69 Å². The number of nitrogens with zero attached hydrogens (tertiary/aromatic N) is 3. The molecular formula is C18H28N4O. The van der Waals surface area contributed by atoms with Gasteiger partial charge in [-0.2, -0.15) is 0 Å². The lowest BCUT2D eigenvalue weighted by atomic mass is 10.1. The van der Waals surface area contributed by atoms with E-state index >= 15 is 0 Å². The van der Waals surface area contributed by atoms with Crippen LogP contribution in [0.4, 0.5) is 0 Å². The number of rotatable bonds is 3. The van der Waals surface area contributed by atoms with Crippen LogP contribution < -0.4 is 5.32 Å². The van der Waals surface area contributed by atoms with Crippen molar-refractivity contribution in [3.05, 3.63) is 35.4 Å². The largest absolute Gasteiger partial charge is 0.333 e. The van der Waals surface area contributed by atoms with Crippen molar-refractivity contribution in [1.29, 1.82) is 0 Å². The molecule has 0 unspecified atom stereocenters. The molecule has 0 spiro atoms. The summed E-state index contributed by atoms with van der Waals surface area (Å²) < 4.78 is 0. The molecular weight excluding hydrogens is 288 g/mol. The van der Waals surface area contributed by atoms with Crippen molar-refractivity contribution < 1.29 is 4.79 Å². The molecule has 0 saturated carbocycles. The fraction of sp³-hybridized carbons (Fsp3) is 0.611. The number of amides is 1. The van der Waals surface area contributed by atoms with Crippen molar-refractivity contribution in [3.63, 3.8) is 0 Å². The first-order chi connectivity index (χ1) is 11.1. The normalized spacial score (nSPS) is 23.9. The molecule has 1 amide bonds. The molecule has 1 aromatic rings. The van der Waals surface area contributed by atoms with Crippen LogP contribution in [0.2, 0.25) is 0 Å². The van der Waals surface area contributed by atoms with Gasteiger partial charge < -0.3 is 15.1 Å². The summed E-state index contributed by atoms with van der Waals surface area (Å²) in [7, 11) is 2.18. The SMILES string of the molecule is C[C@H]1CNCCN1C(=O)c1ccc(CN2CCN(C)CC2)cc1. The number of piperazine rings is 2. The molecule has 126 valence electrons. The number of carbonyl (C=O) groups is 1. The first-order valence-electron chi connectivity index (χ1n) is 8.65. The van der Waals surface area contributed by atoms with E-state index < -0.39 is 0 Å². The summed E-state index contributed by atoms with van der Waals surface area (Å²) in [5.74, 6) is 0.158. The second kappa shape index (κ2) is 7.43. The highest BCUT2D eigenvalue weighted by atomic mass is 16.2. The zero-order valence-corrected chi connectivity index (χ0v) is 14.3. The van der Waals surface area contributed by atoms with Gasteiger partial charge in [-0.25, -0.2) is 0 Å². The third-order valence-electron chi connectivity index (χ3n) is 4.97. The van der Waals surface area contributed by atoms with Gasteiger partial charge in [-0.05, 0) is 31.7 Å². The molecule has 5 heteroatoms. The summed E-state index contributed by atoms with van der Waals surface area (Å²) in [6, 6.07) is 8.46. The highest BCUT2D eigenvalue weighted by molar-refractivity contribution is 5.94. The summed E-state index contributed by atoms with van der Waals surface area (Å²) >= 11 is 0. The van der Waals surface area contributed by atoms with Gasteiger partial charge in [-0.15, -0.1) is 0 Å². The maximum absolute atomic E-state index is 12.6. The van der Waals surface area contributed by atoms with E-state index in [0.29, 0.717) is 0 Å². The lowest BCUT2D eigenvalue weighted by Gasteiger charge is -2.34. The van der Waals surface area contributed by atoms with Crippen LogP contribution in [-0.4, -0.2) is 79.5 Å². The van der Waals surface area contributed by atoms with Gasteiger partial charge in [0.2, 0.25) is 0 Å². The Labute approximate surface area is 139 Å². The number of benzene rings is 1. The van der Waals surface area contributed by atoms with Crippen LogP contribution in [-0.2, 0) is 6.54 Å². The monoisotopic (exact) mass is 316 g/mol. The molecule has 5 nitrogen and oxygen atoms in total. The first kappa shape index (κ1) is 16.4. The Balaban J connectivity index is 1.59. The number of hydrogen-bond acceptors (Lipinski definition) is 4. The van der Waals surface area contributed by atoms with Crippen LogP contribution in [0.1, 0.15) is 22.8 Å². The van der Waals surface area contributed by atoms with Gasteiger partial charge in [-0.1, -0.05) is 12.1 Å². The average Bonchev–Trinajstić information content (AvgIpc) is 2.57. The summed E-state index contributed by atoms with van der Waals surface area (Å²) in [6.07, 6.45) is 0. The lowest BCUT2D eigenvalue weighted by Crippen LogP contribution is -2.52. The summed E-state index contributed by atoms with van der Waals surface area (Å²) in [6.45, 7) is 10.2. The fourth-order valence-electron chi connectivity index (χ4n) is 3.33. The van der Waals surface area contributed by atoms with Gasteiger partial charge in [0.1, 0.15) is 0 Å². The third kappa shape index (κ3) is 4.10. The van der Waals surface area contributed by atoms with Gasteiger partial charge in [0.15, 0.2) is 0 Å². The molecule has 1 N–H and O–H groups in total. The van der Waals surface area contributed by atoms with Crippen LogP contribution in [0.3, 0.4) is 0 Å². The van der Waals surface area contributed by atoms with Gasteiger partial charge in [0, 0.05) is 64.0 Å². The molecule has 1 atom stereocenters. The Bertz CT molecular complexity index is 522. The highest BCUT2D eigenvalue weighted by Crippen LogP contribution is 2.13. The average molecular weight is 316 g/mol. The van der Waals surface area contributed by atoms with Crippen LogP contribution in [0, 0.1) is 0 Å². The standard InChI is InChI=1S/C18H28N4O/c1-15-13-19-7-8-22(15)18(23)17-5-3-16(4-6-17)14-21-11-9-20(2)10-12-21/h3-6,15,19H,7-14H2,1-2H3/t15-/m0/s1. The fourth-order valence-corrected chi connectivity index (χ4v) is 3.33. The Hall–Kier alpha value is -1.43. The van der Waals surface area contributed by atoms with E-state index in [0.717, 1.165) is 57.9 Å². The maximum atomic E-state index is 12.6. The van der Waals surface area contributed by atoms with Crippen LogP contribution in [0.5, 0.6) is 0 Å². The predicted molar refractivity (Wildman–Crippen MR) is 92.6 cm³/mol. The Morgan fingerprint density at radius 1 is 1.13 bits per heavy atom. The first-order valence-corrected chi connectivity index (χ1v) is 8.65. The number of likely N-dealkylation sites (N-methyl/N-ethyl adjacent to an activating group) is 1. The van der Waals surface area contributed by atoms with Crippen molar-refractivity contribution in [2.24, 2.45) is 0 Å². The second-order valence-corrected chi connectivity index (χ2v) is 6.83. The molecule has 2 aliphatic rings. The Kier molecular flexibility index (Phi) is 5.30. The van der Waals surface area contributed by atoms with Gasteiger partial charge in [0.05, 0.1) is 0 Å². The van der Waals surface area contributed by atoms with Crippen molar-refractivity contribution in [1.82, 2.24) is 20.0 Å². The van der Waals surface area contributed by atoms with E-state index in [4.69, 9.17) is 0 Å². The molecule has 0 aromatic heterocycles. The molecule has 2 saturated heterocycles. The van der Waals surface area contributed by atoms with E-state index in [-0.39, 0.29) is 11.9 Å². The topological polar surface area (TPSA) is 38.8 Å². The zero-order valence-electron chi connectivity index (χ0n) is 14.3. The molecule has 0 radical (unpaired) electrons. The maximum Gasteiger partial charge on any atom is 0.254 e. The molecule has 2 fully saturated rings. The van der Waals surface area contributed by atoms with Crippen LogP contribution in [0.15, 0.2) is 24.3 Å². The van der Waals surface area contributed by atoms with E-state index in [1.807, 2.05) is 17.0 Å². The van der Waals surface area contributed by atoms with Crippen molar-refractivity contribution in [2.75, 3.05) is 52.9 Å².